The normalized spacial score (nSPS) is 17.0. The highest BCUT2D eigenvalue weighted by molar-refractivity contribution is 7.99. The van der Waals surface area contributed by atoms with Crippen molar-refractivity contribution in [3.8, 4) is 5.82 Å². The van der Waals surface area contributed by atoms with Gasteiger partial charge in [-0.25, -0.2) is 9.67 Å². The van der Waals surface area contributed by atoms with Crippen molar-refractivity contribution >= 4 is 11.8 Å². The number of pyridine rings is 1. The predicted octanol–water partition coefficient (Wildman–Crippen LogP) is 3.59. The van der Waals surface area contributed by atoms with Crippen molar-refractivity contribution in [1.82, 2.24) is 20.1 Å². The third-order valence-electron chi connectivity index (χ3n) is 4.06. The summed E-state index contributed by atoms with van der Waals surface area (Å²) >= 11 is 1.95. The molecule has 0 spiro atoms. The molecule has 1 N–H and O–H groups in total. The van der Waals surface area contributed by atoms with E-state index < -0.39 is 0 Å². The minimum absolute atomic E-state index is 0.425. The van der Waals surface area contributed by atoms with Gasteiger partial charge >= 0.3 is 0 Å². The average molecular weight is 322 g/mol. The maximum Gasteiger partial charge on any atom is 0.153 e. The summed E-state index contributed by atoms with van der Waals surface area (Å²) in [6, 6.07) is 15.2. The molecule has 23 heavy (non-hydrogen) atoms. The summed E-state index contributed by atoms with van der Waals surface area (Å²) in [5.74, 6) is 2.03. The molecule has 0 fully saturated rings. The Hall–Kier alpha value is -2.11. The first-order chi connectivity index (χ1) is 11.4. The lowest BCUT2D eigenvalue weighted by Crippen LogP contribution is -2.24. The number of thioether (sulfide) groups is 1. The summed E-state index contributed by atoms with van der Waals surface area (Å²) < 4.78 is 1.79. The van der Waals surface area contributed by atoms with E-state index in [-0.39, 0.29) is 0 Å². The van der Waals surface area contributed by atoms with E-state index in [1.54, 1.807) is 10.9 Å². The van der Waals surface area contributed by atoms with Crippen LogP contribution in [-0.4, -0.2) is 20.5 Å². The van der Waals surface area contributed by atoms with E-state index in [0.29, 0.717) is 6.04 Å². The fourth-order valence-electron chi connectivity index (χ4n) is 2.90. The highest BCUT2D eigenvalue weighted by Gasteiger charge is 2.19. The lowest BCUT2D eigenvalue weighted by Gasteiger charge is -2.26. The van der Waals surface area contributed by atoms with E-state index in [2.05, 4.69) is 51.8 Å². The van der Waals surface area contributed by atoms with Gasteiger partial charge in [0.2, 0.25) is 0 Å². The van der Waals surface area contributed by atoms with Gasteiger partial charge in [0.25, 0.3) is 0 Å². The molecule has 5 heteroatoms. The Morgan fingerprint density at radius 1 is 1.17 bits per heavy atom. The van der Waals surface area contributed by atoms with Gasteiger partial charge in [0, 0.05) is 36.1 Å². The van der Waals surface area contributed by atoms with Crippen LogP contribution in [0.3, 0.4) is 0 Å². The molecule has 0 bridgehead atoms. The van der Waals surface area contributed by atoms with Crippen LogP contribution in [0.25, 0.3) is 5.82 Å². The molecule has 4 nitrogen and oxygen atoms in total. The van der Waals surface area contributed by atoms with Crippen LogP contribution in [0.4, 0.5) is 0 Å². The highest BCUT2D eigenvalue weighted by Crippen LogP contribution is 2.35. The van der Waals surface area contributed by atoms with E-state index in [9.17, 15) is 0 Å². The maximum atomic E-state index is 4.38. The SMILES string of the molecule is c1ccc2c(c1)SCCC2NCc1ccnc(-n2cccn2)c1. The molecule has 3 heterocycles. The standard InChI is InChI=1S/C18H18N4S/c1-2-5-17-15(4-1)16(7-11-23-17)20-13-14-6-9-19-18(12-14)22-10-3-8-21-22/h1-6,8-10,12,16,20H,7,11,13H2. The molecule has 2 aromatic heterocycles. The first kappa shape index (κ1) is 14.5. The molecule has 0 saturated carbocycles. The zero-order valence-electron chi connectivity index (χ0n) is 12.7. The fourth-order valence-corrected chi connectivity index (χ4v) is 4.02. The molecular weight excluding hydrogens is 304 g/mol. The zero-order chi connectivity index (χ0) is 15.5. The Kier molecular flexibility index (Phi) is 4.13. The summed E-state index contributed by atoms with van der Waals surface area (Å²) in [7, 11) is 0. The zero-order valence-corrected chi connectivity index (χ0v) is 13.5. The molecule has 1 unspecified atom stereocenters. The number of nitrogens with zero attached hydrogens (tertiary/aromatic N) is 3. The molecule has 116 valence electrons. The number of hydrogen-bond donors (Lipinski definition) is 1. The number of nitrogens with one attached hydrogen (secondary N) is 1. The van der Waals surface area contributed by atoms with Crippen molar-refractivity contribution in [3.63, 3.8) is 0 Å². The van der Waals surface area contributed by atoms with E-state index in [0.717, 1.165) is 12.4 Å². The van der Waals surface area contributed by atoms with Crippen molar-refractivity contribution in [2.24, 2.45) is 0 Å². The van der Waals surface area contributed by atoms with Crippen LogP contribution in [0.1, 0.15) is 23.6 Å². The van der Waals surface area contributed by atoms with Crippen LogP contribution in [0.2, 0.25) is 0 Å². The van der Waals surface area contributed by atoms with Crippen LogP contribution < -0.4 is 5.32 Å². The van der Waals surface area contributed by atoms with Crippen LogP contribution in [-0.2, 0) is 6.54 Å². The number of rotatable bonds is 4. The number of fused-ring (bicyclic) bond motifs is 1. The van der Waals surface area contributed by atoms with Gasteiger partial charge in [-0.15, -0.1) is 11.8 Å². The number of aromatic nitrogens is 3. The van der Waals surface area contributed by atoms with Crippen LogP contribution >= 0.6 is 11.8 Å². The Labute approximate surface area is 139 Å². The van der Waals surface area contributed by atoms with Gasteiger partial charge in [0.1, 0.15) is 0 Å². The summed E-state index contributed by atoms with van der Waals surface area (Å²) in [5, 5.41) is 7.93. The van der Waals surface area contributed by atoms with E-state index in [1.807, 2.05) is 30.2 Å². The second kappa shape index (κ2) is 6.56. The molecule has 1 aromatic carbocycles. The molecule has 3 aromatic rings. The van der Waals surface area contributed by atoms with Crippen LogP contribution in [0.15, 0.2) is 66.0 Å². The minimum atomic E-state index is 0.425. The highest BCUT2D eigenvalue weighted by atomic mass is 32.2. The van der Waals surface area contributed by atoms with Crippen LogP contribution in [0.5, 0.6) is 0 Å². The number of benzene rings is 1. The van der Waals surface area contributed by atoms with Crippen molar-refractivity contribution in [3.05, 3.63) is 72.2 Å². The van der Waals surface area contributed by atoms with Gasteiger partial charge in [-0.2, -0.15) is 5.10 Å². The topological polar surface area (TPSA) is 42.7 Å². The van der Waals surface area contributed by atoms with Crippen molar-refractivity contribution < 1.29 is 0 Å². The Morgan fingerprint density at radius 2 is 2.13 bits per heavy atom. The minimum Gasteiger partial charge on any atom is -0.306 e. The molecule has 0 aliphatic carbocycles. The van der Waals surface area contributed by atoms with Gasteiger partial charge in [-0.1, -0.05) is 18.2 Å². The van der Waals surface area contributed by atoms with E-state index >= 15 is 0 Å². The Bertz CT molecular complexity index is 785. The Balaban J connectivity index is 1.49. The summed E-state index contributed by atoms with van der Waals surface area (Å²) in [6.45, 7) is 0.834. The van der Waals surface area contributed by atoms with Gasteiger partial charge in [-0.05, 0) is 47.6 Å². The lowest BCUT2D eigenvalue weighted by atomic mass is 10.0. The summed E-state index contributed by atoms with van der Waals surface area (Å²) in [6.07, 6.45) is 6.69. The predicted molar refractivity (Wildman–Crippen MR) is 92.7 cm³/mol. The molecule has 0 radical (unpaired) electrons. The van der Waals surface area contributed by atoms with Crippen LogP contribution in [0, 0.1) is 0 Å². The first-order valence-corrected chi connectivity index (χ1v) is 8.79. The molecule has 0 amide bonds. The van der Waals surface area contributed by atoms with Gasteiger partial charge in [0.05, 0.1) is 0 Å². The van der Waals surface area contributed by atoms with E-state index in [4.69, 9.17) is 0 Å². The first-order valence-electron chi connectivity index (χ1n) is 7.80. The van der Waals surface area contributed by atoms with Gasteiger partial charge in [-0.3, -0.25) is 0 Å². The quantitative estimate of drug-likeness (QED) is 0.797. The third kappa shape index (κ3) is 3.16. The second-order valence-electron chi connectivity index (χ2n) is 5.58. The average Bonchev–Trinajstić information content (AvgIpc) is 3.15. The second-order valence-corrected chi connectivity index (χ2v) is 6.72. The molecule has 1 atom stereocenters. The largest absolute Gasteiger partial charge is 0.306 e. The van der Waals surface area contributed by atoms with Crippen molar-refractivity contribution in [2.75, 3.05) is 5.75 Å². The summed E-state index contributed by atoms with van der Waals surface area (Å²) in [4.78, 5) is 5.79. The van der Waals surface area contributed by atoms with Gasteiger partial charge in [0.15, 0.2) is 5.82 Å². The molecule has 1 aliphatic rings. The molecular formula is C18H18N4S. The Morgan fingerprint density at radius 3 is 3.04 bits per heavy atom. The maximum absolute atomic E-state index is 4.38. The molecule has 0 saturated heterocycles. The fraction of sp³-hybridized carbons (Fsp3) is 0.222. The lowest BCUT2D eigenvalue weighted by molar-refractivity contribution is 0.509. The summed E-state index contributed by atoms with van der Waals surface area (Å²) in [5.41, 5.74) is 2.64. The van der Waals surface area contributed by atoms with Gasteiger partial charge < -0.3 is 5.32 Å². The van der Waals surface area contributed by atoms with E-state index in [1.165, 1.54) is 28.2 Å². The molecule has 1 aliphatic heterocycles. The third-order valence-corrected chi connectivity index (χ3v) is 5.18. The monoisotopic (exact) mass is 322 g/mol. The number of hydrogen-bond acceptors (Lipinski definition) is 4. The van der Waals surface area contributed by atoms with Crippen molar-refractivity contribution in [1.29, 1.82) is 0 Å². The molecule has 4 rings (SSSR count). The van der Waals surface area contributed by atoms with Crippen molar-refractivity contribution in [2.45, 2.75) is 23.9 Å². The smallest absolute Gasteiger partial charge is 0.153 e.